The summed E-state index contributed by atoms with van der Waals surface area (Å²) >= 11 is 0. The lowest BCUT2D eigenvalue weighted by atomic mass is 9.80. The Balaban J connectivity index is 1.17. The summed E-state index contributed by atoms with van der Waals surface area (Å²) in [5.41, 5.74) is -1.27. The molecule has 0 bridgehead atoms. The Morgan fingerprint density at radius 1 is 0.952 bits per heavy atom. The molecule has 0 aliphatic carbocycles. The molecule has 1 unspecified atom stereocenters. The molecule has 1 atom stereocenters. The fourth-order valence-electron chi connectivity index (χ4n) is 4.61. The number of tetrazole rings is 1. The number of nitriles is 1. The fraction of sp³-hybridized carbons (Fsp3) is 0.129. The second kappa shape index (κ2) is 10.5. The highest BCUT2D eigenvalue weighted by Crippen LogP contribution is 2.50. The van der Waals surface area contributed by atoms with Crippen LogP contribution in [0, 0.1) is 29.0 Å². The quantitative estimate of drug-likeness (QED) is 0.308. The molecule has 3 heterocycles. The van der Waals surface area contributed by atoms with Gasteiger partial charge in [0.05, 0.1) is 18.2 Å². The van der Waals surface area contributed by atoms with Gasteiger partial charge in [0.1, 0.15) is 23.9 Å². The van der Waals surface area contributed by atoms with Gasteiger partial charge < -0.3 is 9.84 Å². The van der Waals surface area contributed by atoms with Crippen LogP contribution >= 0.6 is 0 Å². The van der Waals surface area contributed by atoms with Crippen molar-refractivity contribution in [3.63, 3.8) is 0 Å². The summed E-state index contributed by atoms with van der Waals surface area (Å²) in [6.07, 6.45) is 1.19. The number of pyridine rings is 1. The van der Waals surface area contributed by atoms with Crippen molar-refractivity contribution in [2.45, 2.75) is 24.7 Å². The van der Waals surface area contributed by atoms with Crippen LogP contribution < -0.4 is 4.74 Å². The maximum atomic E-state index is 15.9. The topological polar surface area (TPSA) is 110 Å². The summed E-state index contributed by atoms with van der Waals surface area (Å²) in [4.78, 5) is 3.90. The Kier molecular flexibility index (Phi) is 6.65. The van der Waals surface area contributed by atoms with Crippen molar-refractivity contribution in [2.75, 3.05) is 0 Å². The minimum Gasteiger partial charge on any atom is -0.489 e. The van der Waals surface area contributed by atoms with Gasteiger partial charge in [-0.2, -0.15) is 14.0 Å². The third kappa shape index (κ3) is 4.83. The van der Waals surface area contributed by atoms with E-state index < -0.39 is 29.6 Å². The normalized spacial score (nSPS) is 15.5. The number of hydrogen-bond donors (Lipinski definition) is 1. The smallest absolute Gasteiger partial charge is 0.323 e. The van der Waals surface area contributed by atoms with Crippen LogP contribution in [0.15, 0.2) is 85.1 Å². The molecule has 1 N–H and O–H groups in total. The third-order valence-electron chi connectivity index (χ3n) is 6.88. The minimum atomic E-state index is -3.93. The fourth-order valence-corrected chi connectivity index (χ4v) is 4.61. The Labute approximate surface area is 237 Å². The van der Waals surface area contributed by atoms with Gasteiger partial charge in [-0.25, -0.2) is 9.07 Å². The number of aliphatic hydroxyl groups is 1. The van der Waals surface area contributed by atoms with Gasteiger partial charge in [-0.05, 0) is 82.7 Å². The maximum absolute atomic E-state index is 15.9. The van der Waals surface area contributed by atoms with Crippen molar-refractivity contribution in [1.82, 2.24) is 25.2 Å². The number of nitrogens with zero attached hydrogens (tertiary/aromatic N) is 6. The molecule has 0 fully saturated rings. The van der Waals surface area contributed by atoms with Gasteiger partial charge in [-0.3, -0.25) is 4.98 Å². The summed E-state index contributed by atoms with van der Waals surface area (Å²) in [7, 11) is 0. The van der Waals surface area contributed by atoms with Gasteiger partial charge in [0.25, 0.3) is 0 Å². The van der Waals surface area contributed by atoms with E-state index in [1.807, 2.05) is 12.1 Å². The first-order chi connectivity index (χ1) is 20.3. The van der Waals surface area contributed by atoms with E-state index in [1.54, 1.807) is 36.4 Å². The second-order valence-corrected chi connectivity index (χ2v) is 9.59. The predicted molar refractivity (Wildman–Crippen MR) is 143 cm³/mol. The summed E-state index contributed by atoms with van der Waals surface area (Å²) in [6, 6.07) is 21.9. The number of aromatic nitrogens is 5. The lowest BCUT2D eigenvalue weighted by Crippen LogP contribution is -2.49. The number of benzene rings is 3. The zero-order valence-corrected chi connectivity index (χ0v) is 21.7. The van der Waals surface area contributed by atoms with Gasteiger partial charge in [0.15, 0.2) is 11.4 Å². The van der Waals surface area contributed by atoms with Gasteiger partial charge in [0, 0.05) is 28.5 Å². The summed E-state index contributed by atoms with van der Waals surface area (Å²) in [5, 5.41) is 31.2. The minimum absolute atomic E-state index is 0.1000. The van der Waals surface area contributed by atoms with E-state index in [0.717, 1.165) is 28.4 Å². The lowest BCUT2D eigenvalue weighted by Gasteiger charge is -2.39. The Morgan fingerprint density at radius 2 is 1.67 bits per heavy atom. The van der Waals surface area contributed by atoms with E-state index in [0.29, 0.717) is 29.0 Å². The first kappa shape index (κ1) is 26.7. The Bertz CT molecular complexity index is 1870. The molecule has 11 heteroatoms. The van der Waals surface area contributed by atoms with Gasteiger partial charge in [-0.15, -0.1) is 5.10 Å². The summed E-state index contributed by atoms with van der Waals surface area (Å²) in [6.45, 7) is -0.360. The van der Waals surface area contributed by atoms with Crippen molar-refractivity contribution >= 4 is 0 Å². The first-order valence-electron chi connectivity index (χ1n) is 12.6. The molecule has 5 aromatic rings. The molecular formula is C31H19F3N6O2. The van der Waals surface area contributed by atoms with Gasteiger partial charge >= 0.3 is 5.92 Å². The molecular weight excluding hydrogens is 545 g/mol. The van der Waals surface area contributed by atoms with E-state index >= 15 is 8.78 Å². The van der Waals surface area contributed by atoms with Crippen LogP contribution in [0.3, 0.4) is 0 Å². The van der Waals surface area contributed by atoms with Crippen LogP contribution in [0.4, 0.5) is 13.2 Å². The molecule has 8 nitrogen and oxygen atoms in total. The van der Waals surface area contributed by atoms with E-state index in [2.05, 4.69) is 38.4 Å². The van der Waals surface area contributed by atoms with Crippen molar-refractivity contribution in [2.24, 2.45) is 0 Å². The molecule has 0 saturated carbocycles. The third-order valence-corrected chi connectivity index (χ3v) is 6.88. The molecule has 1 aliphatic heterocycles. The van der Waals surface area contributed by atoms with Crippen molar-refractivity contribution in [1.29, 1.82) is 5.26 Å². The van der Waals surface area contributed by atoms with Crippen LogP contribution in [0.5, 0.6) is 5.75 Å². The standard InChI is InChI=1S/C31H19F3N6O2/c32-24-10-13-26-27(15-24)30(41,19-40-29(26)37-38-39-40)31(33,34)28-14-9-22(17-36-28)4-1-20-7-11-25(12-8-20)42-18-23-5-2-21(16-35)3-6-23/h2-3,5-15,17,41H,18-19H2. The van der Waals surface area contributed by atoms with Crippen molar-refractivity contribution < 1.29 is 23.0 Å². The number of ether oxygens (including phenoxy) is 1. The van der Waals surface area contributed by atoms with Crippen molar-refractivity contribution in [3.05, 3.63) is 124 Å². The highest BCUT2D eigenvalue weighted by Gasteiger charge is 2.59. The van der Waals surface area contributed by atoms with E-state index in [9.17, 15) is 9.50 Å². The second-order valence-electron chi connectivity index (χ2n) is 9.59. The van der Waals surface area contributed by atoms with Crippen LogP contribution in [0.25, 0.3) is 11.4 Å². The van der Waals surface area contributed by atoms with Crippen LogP contribution in [-0.4, -0.2) is 30.3 Å². The zero-order chi connectivity index (χ0) is 29.3. The van der Waals surface area contributed by atoms with E-state index in [4.69, 9.17) is 10.00 Å². The molecule has 6 rings (SSSR count). The summed E-state index contributed by atoms with van der Waals surface area (Å²) < 4.78 is 52.7. The SMILES string of the molecule is N#Cc1ccc(COc2ccc(C#Cc3ccc(C(F)(F)C4(O)Cn5nnnc5-c5ccc(F)cc54)nc3)cc2)cc1. The molecule has 1 aliphatic rings. The maximum Gasteiger partial charge on any atom is 0.323 e. The lowest BCUT2D eigenvalue weighted by molar-refractivity contribution is -0.207. The van der Waals surface area contributed by atoms with Crippen LogP contribution in [0.2, 0.25) is 0 Å². The molecule has 0 saturated heterocycles. The number of alkyl halides is 2. The monoisotopic (exact) mass is 564 g/mol. The van der Waals surface area contributed by atoms with Crippen molar-refractivity contribution in [3.8, 4) is 35.0 Å². The van der Waals surface area contributed by atoms with Crippen LogP contribution in [0.1, 0.15) is 33.5 Å². The first-order valence-corrected chi connectivity index (χ1v) is 12.6. The predicted octanol–water partition coefficient (Wildman–Crippen LogP) is 4.72. The molecule has 3 aromatic carbocycles. The molecule has 2 aromatic heterocycles. The Hall–Kier alpha value is -5.52. The number of halogens is 3. The van der Waals surface area contributed by atoms with Gasteiger partial charge in [0.2, 0.25) is 0 Å². The van der Waals surface area contributed by atoms with E-state index in [-0.39, 0.29) is 17.0 Å². The molecule has 0 spiro atoms. The van der Waals surface area contributed by atoms with Crippen LogP contribution in [-0.2, 0) is 24.7 Å². The van der Waals surface area contributed by atoms with Gasteiger partial charge in [-0.1, -0.05) is 24.0 Å². The zero-order valence-electron chi connectivity index (χ0n) is 21.7. The molecule has 206 valence electrons. The number of rotatable bonds is 5. The molecule has 0 radical (unpaired) electrons. The largest absolute Gasteiger partial charge is 0.489 e. The molecule has 0 amide bonds. The average Bonchev–Trinajstić information content (AvgIpc) is 3.48. The highest BCUT2D eigenvalue weighted by molar-refractivity contribution is 5.64. The Morgan fingerprint density at radius 3 is 2.38 bits per heavy atom. The number of hydrogen-bond acceptors (Lipinski definition) is 7. The molecule has 42 heavy (non-hydrogen) atoms. The highest BCUT2D eigenvalue weighted by atomic mass is 19.3. The number of fused-ring (bicyclic) bond motifs is 3. The van der Waals surface area contributed by atoms with E-state index in [1.165, 1.54) is 18.3 Å². The average molecular weight is 565 g/mol. The summed E-state index contributed by atoms with van der Waals surface area (Å²) in [5.74, 6) is 1.90.